The number of carboxylic acid groups (broad SMARTS) is 1. The van der Waals surface area contributed by atoms with Gasteiger partial charge in [-0.15, -0.1) is 0 Å². The van der Waals surface area contributed by atoms with Crippen molar-refractivity contribution in [3.63, 3.8) is 0 Å². The Morgan fingerprint density at radius 3 is 2.06 bits per heavy atom. The van der Waals surface area contributed by atoms with Gasteiger partial charge in [-0.05, 0) is 59.7 Å². The monoisotopic (exact) mass is 700 g/mol. The summed E-state index contributed by atoms with van der Waals surface area (Å²) in [7, 11) is 0. The molecule has 5 N–H and O–H groups in total. The Bertz CT molecular complexity index is 1780. The average molecular weight is 701 g/mol. The summed E-state index contributed by atoms with van der Waals surface area (Å²) in [5.74, 6) is -4.43. The molecule has 0 radical (unpaired) electrons. The van der Waals surface area contributed by atoms with Gasteiger partial charge in [0.05, 0.1) is 12.2 Å². The zero-order chi connectivity index (χ0) is 36.8. The lowest BCUT2D eigenvalue weighted by molar-refractivity contribution is -0.192. The van der Waals surface area contributed by atoms with Crippen molar-refractivity contribution in [2.24, 2.45) is 5.73 Å². The highest BCUT2D eigenvalue weighted by atomic mass is 19.4. The second-order valence-electron chi connectivity index (χ2n) is 10.6. The summed E-state index contributed by atoms with van der Waals surface area (Å²) < 4.78 is 65.8. The van der Waals surface area contributed by atoms with Crippen LogP contribution in [-0.2, 0) is 38.8 Å². The second-order valence-corrected chi connectivity index (χ2v) is 10.6. The molecule has 0 aliphatic heterocycles. The number of ether oxygens (including phenoxy) is 1. The first-order valence-corrected chi connectivity index (χ1v) is 14.9. The maximum absolute atomic E-state index is 13.9. The first kappa shape index (κ1) is 38.6. The van der Waals surface area contributed by atoms with E-state index in [1.807, 2.05) is 18.2 Å². The van der Waals surface area contributed by atoms with Crippen LogP contribution in [0, 0.1) is 11.6 Å². The molecule has 0 heterocycles. The molecule has 0 bridgehead atoms. The molecule has 0 fully saturated rings. The largest absolute Gasteiger partial charge is 0.490 e. The first-order valence-electron chi connectivity index (χ1n) is 14.9. The van der Waals surface area contributed by atoms with E-state index in [4.69, 9.17) is 20.4 Å². The highest BCUT2D eigenvalue weighted by Crippen LogP contribution is 2.34. The van der Waals surface area contributed by atoms with E-state index >= 15 is 0 Å². The van der Waals surface area contributed by atoms with Crippen LogP contribution in [-0.4, -0.2) is 35.0 Å². The summed E-state index contributed by atoms with van der Waals surface area (Å²) in [4.78, 5) is 48.0. The number of benzene rings is 4. The molecule has 4 aromatic carbocycles. The minimum absolute atomic E-state index is 0.143. The fraction of sp³-hybridized carbons (Fsp3) is 0.200. The van der Waals surface area contributed by atoms with Crippen LogP contribution in [0.25, 0.3) is 0 Å². The van der Waals surface area contributed by atoms with Gasteiger partial charge < -0.3 is 31.1 Å². The molecule has 3 amide bonds. The zero-order valence-electron chi connectivity index (χ0n) is 26.6. The molecule has 0 saturated heterocycles. The predicted octanol–water partition coefficient (Wildman–Crippen LogP) is 6.44. The molecule has 0 aromatic heterocycles. The van der Waals surface area contributed by atoms with Crippen molar-refractivity contribution >= 4 is 35.1 Å². The number of hydrogen-bond donors (Lipinski definition) is 4. The number of carboxylic acids is 1. The van der Waals surface area contributed by atoms with Gasteiger partial charge in [-0.2, -0.15) is 13.2 Å². The van der Waals surface area contributed by atoms with Gasteiger partial charge in [-0.25, -0.2) is 13.6 Å². The maximum Gasteiger partial charge on any atom is 0.490 e. The smallest absolute Gasteiger partial charge is 0.475 e. The van der Waals surface area contributed by atoms with E-state index in [0.29, 0.717) is 29.4 Å². The third-order valence-corrected chi connectivity index (χ3v) is 6.77. The molecular weight excluding hydrogens is 667 g/mol. The summed E-state index contributed by atoms with van der Waals surface area (Å²) in [5, 5.41) is 12.3. The standard InChI is InChI=1S/C33H32F2N4O4.C2HF3O2/c1-22(40)38-25-14-12-23(13-15-25)21-39(30-10-2-3-11-31(30)43-26-7-4-6-24(18-26)19-36)33(42)17-16-32(41)37-20-27-28(34)8-5-9-29(27)35;3-2(4,5)1(6)7/h2-15,18H,16-17,19-21,36H2,1H3,(H,37,41)(H,38,40);(H,6,7). The van der Waals surface area contributed by atoms with E-state index in [-0.39, 0.29) is 43.3 Å². The van der Waals surface area contributed by atoms with E-state index in [2.05, 4.69) is 10.6 Å². The molecule has 0 atom stereocenters. The van der Waals surface area contributed by atoms with Gasteiger partial charge in [-0.1, -0.05) is 42.5 Å². The molecular formula is C35H33F5N4O6. The van der Waals surface area contributed by atoms with E-state index in [1.165, 1.54) is 17.9 Å². The minimum atomic E-state index is -5.08. The van der Waals surface area contributed by atoms with Crippen LogP contribution >= 0.6 is 0 Å². The van der Waals surface area contributed by atoms with Gasteiger partial charge >= 0.3 is 12.1 Å². The number of nitrogens with zero attached hydrogens (tertiary/aromatic N) is 1. The highest BCUT2D eigenvalue weighted by Gasteiger charge is 2.38. The summed E-state index contributed by atoms with van der Waals surface area (Å²) in [6.45, 7) is 1.56. The van der Waals surface area contributed by atoms with Crippen LogP contribution in [0.1, 0.15) is 36.5 Å². The van der Waals surface area contributed by atoms with Gasteiger partial charge in [0.25, 0.3) is 0 Å². The van der Waals surface area contributed by atoms with Crippen LogP contribution < -0.4 is 26.0 Å². The van der Waals surface area contributed by atoms with Crippen LogP contribution in [0.2, 0.25) is 0 Å². The topological polar surface area (TPSA) is 151 Å². The Labute approximate surface area is 283 Å². The number of hydrogen-bond acceptors (Lipinski definition) is 6. The molecule has 0 spiro atoms. The molecule has 0 aliphatic rings. The number of carbonyl (C=O) groups is 4. The molecule has 0 saturated carbocycles. The average Bonchev–Trinajstić information content (AvgIpc) is 3.06. The van der Waals surface area contributed by atoms with Gasteiger partial charge in [0.2, 0.25) is 17.7 Å². The number of halogens is 5. The molecule has 0 unspecified atom stereocenters. The molecule has 0 aliphatic carbocycles. The molecule has 4 rings (SSSR count). The van der Waals surface area contributed by atoms with Crippen molar-refractivity contribution in [1.29, 1.82) is 0 Å². The number of carbonyl (C=O) groups excluding carboxylic acids is 3. The number of aliphatic carboxylic acids is 1. The van der Waals surface area contributed by atoms with E-state index in [1.54, 1.807) is 54.6 Å². The number of alkyl halides is 3. The number of amides is 3. The lowest BCUT2D eigenvalue weighted by atomic mass is 10.1. The number of nitrogens with two attached hydrogens (primary N) is 1. The lowest BCUT2D eigenvalue weighted by Gasteiger charge is -2.25. The van der Waals surface area contributed by atoms with Crippen LogP contribution in [0.5, 0.6) is 11.5 Å². The van der Waals surface area contributed by atoms with E-state index in [0.717, 1.165) is 23.3 Å². The van der Waals surface area contributed by atoms with Crippen LogP contribution in [0.4, 0.5) is 33.3 Å². The number of nitrogens with one attached hydrogen (secondary N) is 2. The van der Waals surface area contributed by atoms with E-state index < -0.39 is 29.7 Å². The normalized spacial score (nSPS) is 10.7. The van der Waals surface area contributed by atoms with Crippen molar-refractivity contribution < 1.29 is 51.0 Å². The number of rotatable bonds is 12. The van der Waals surface area contributed by atoms with Gasteiger partial charge in [0.15, 0.2) is 5.75 Å². The Hall–Kier alpha value is -5.83. The minimum Gasteiger partial charge on any atom is -0.475 e. The summed E-state index contributed by atoms with van der Waals surface area (Å²) in [5.41, 5.74) is 8.26. The van der Waals surface area contributed by atoms with Crippen LogP contribution in [0.3, 0.4) is 0 Å². The Balaban J connectivity index is 0.000000872. The van der Waals surface area contributed by atoms with Gasteiger partial charge in [0.1, 0.15) is 17.4 Å². The van der Waals surface area contributed by atoms with Gasteiger partial charge in [0, 0.05) is 44.1 Å². The SMILES string of the molecule is CC(=O)Nc1ccc(CN(C(=O)CCC(=O)NCc2c(F)cccc2F)c2ccccc2Oc2cccc(CN)c2)cc1.O=C(O)C(F)(F)F. The molecule has 15 heteroatoms. The van der Waals surface area contributed by atoms with Crippen LogP contribution in [0.15, 0.2) is 91.0 Å². The third kappa shape index (κ3) is 12.0. The van der Waals surface area contributed by atoms with Crippen molar-refractivity contribution in [2.45, 2.75) is 45.6 Å². The Morgan fingerprint density at radius 2 is 1.46 bits per heavy atom. The first-order chi connectivity index (χ1) is 23.7. The Morgan fingerprint density at radius 1 is 0.840 bits per heavy atom. The highest BCUT2D eigenvalue weighted by molar-refractivity contribution is 5.96. The quantitative estimate of drug-likeness (QED) is 0.124. The fourth-order valence-electron chi connectivity index (χ4n) is 4.35. The second kappa shape index (κ2) is 18.1. The van der Waals surface area contributed by atoms with Crippen molar-refractivity contribution in [1.82, 2.24) is 5.32 Å². The van der Waals surface area contributed by atoms with Crippen molar-refractivity contribution in [3.8, 4) is 11.5 Å². The zero-order valence-corrected chi connectivity index (χ0v) is 26.6. The molecule has 264 valence electrons. The summed E-state index contributed by atoms with van der Waals surface area (Å²) in [6.07, 6.45) is -5.46. The molecule has 50 heavy (non-hydrogen) atoms. The number of para-hydroxylation sites is 2. The maximum atomic E-state index is 13.9. The van der Waals surface area contributed by atoms with E-state index in [9.17, 15) is 36.3 Å². The predicted molar refractivity (Wildman–Crippen MR) is 174 cm³/mol. The fourth-order valence-corrected chi connectivity index (χ4v) is 4.35. The Kier molecular flexibility index (Phi) is 14.0. The third-order valence-electron chi connectivity index (χ3n) is 6.77. The lowest BCUT2D eigenvalue weighted by Crippen LogP contribution is -2.32. The van der Waals surface area contributed by atoms with Gasteiger partial charge in [-0.3, -0.25) is 14.4 Å². The summed E-state index contributed by atoms with van der Waals surface area (Å²) >= 11 is 0. The van der Waals surface area contributed by atoms with Crippen molar-refractivity contribution in [3.05, 3.63) is 119 Å². The van der Waals surface area contributed by atoms with Crippen molar-refractivity contribution in [2.75, 3.05) is 10.2 Å². The summed E-state index contributed by atoms with van der Waals surface area (Å²) in [6, 6.07) is 24.8. The molecule has 10 nitrogen and oxygen atoms in total. The molecule has 4 aromatic rings. The number of anilines is 2.